The summed E-state index contributed by atoms with van der Waals surface area (Å²) >= 11 is 0. The lowest BCUT2D eigenvalue weighted by atomic mass is 10.1. The van der Waals surface area contributed by atoms with Crippen LogP contribution in [0.4, 0.5) is 5.69 Å². The Balaban J connectivity index is 1.75. The van der Waals surface area contributed by atoms with Gasteiger partial charge < -0.3 is 15.4 Å². The first-order chi connectivity index (χ1) is 14.3. The Bertz CT molecular complexity index is 1030. The first-order valence-corrected chi connectivity index (χ1v) is 11.1. The molecule has 1 saturated heterocycles. The van der Waals surface area contributed by atoms with E-state index < -0.39 is 15.9 Å². The van der Waals surface area contributed by atoms with Gasteiger partial charge in [0.1, 0.15) is 0 Å². The SMILES string of the molecule is CN(C)S(=O)(=O)c1cccc(C(=O)Nc2ccccc2C(=O)NCC2CCCO2)c1. The van der Waals surface area contributed by atoms with Gasteiger partial charge in [-0.3, -0.25) is 9.59 Å². The van der Waals surface area contributed by atoms with Crippen molar-refractivity contribution in [3.05, 3.63) is 59.7 Å². The summed E-state index contributed by atoms with van der Waals surface area (Å²) in [5, 5.41) is 5.54. The average Bonchev–Trinajstić information content (AvgIpc) is 3.26. The van der Waals surface area contributed by atoms with Crippen LogP contribution in [-0.4, -0.2) is 57.9 Å². The van der Waals surface area contributed by atoms with Crippen molar-refractivity contribution >= 4 is 27.5 Å². The number of amides is 2. The third kappa shape index (κ3) is 5.05. The third-order valence-corrected chi connectivity index (χ3v) is 6.62. The molecule has 0 aromatic heterocycles. The summed E-state index contributed by atoms with van der Waals surface area (Å²) < 4.78 is 31.2. The molecule has 30 heavy (non-hydrogen) atoms. The highest BCUT2D eigenvalue weighted by Gasteiger charge is 2.21. The summed E-state index contributed by atoms with van der Waals surface area (Å²) in [7, 11) is -0.817. The summed E-state index contributed by atoms with van der Waals surface area (Å²) in [6.45, 7) is 1.11. The molecule has 1 aliphatic heterocycles. The molecule has 0 bridgehead atoms. The summed E-state index contributed by atoms with van der Waals surface area (Å²) in [4.78, 5) is 25.3. The molecule has 1 aliphatic rings. The van der Waals surface area contributed by atoms with Crippen molar-refractivity contribution < 1.29 is 22.7 Å². The fourth-order valence-electron chi connectivity index (χ4n) is 3.10. The topological polar surface area (TPSA) is 105 Å². The van der Waals surface area contributed by atoms with Gasteiger partial charge in [-0.05, 0) is 43.2 Å². The molecule has 0 radical (unpaired) electrons. The maximum atomic E-state index is 12.7. The molecule has 1 heterocycles. The van der Waals surface area contributed by atoms with E-state index in [4.69, 9.17) is 4.74 Å². The predicted molar refractivity (Wildman–Crippen MR) is 113 cm³/mol. The number of carbonyl (C=O) groups is 2. The van der Waals surface area contributed by atoms with Gasteiger partial charge in [0.2, 0.25) is 10.0 Å². The molecule has 2 aromatic carbocycles. The highest BCUT2D eigenvalue weighted by molar-refractivity contribution is 7.89. The number of hydrogen-bond donors (Lipinski definition) is 2. The number of hydrogen-bond acceptors (Lipinski definition) is 5. The highest BCUT2D eigenvalue weighted by atomic mass is 32.2. The van der Waals surface area contributed by atoms with Crippen LogP contribution in [0.15, 0.2) is 53.4 Å². The smallest absolute Gasteiger partial charge is 0.255 e. The number of benzene rings is 2. The van der Waals surface area contributed by atoms with E-state index in [0.29, 0.717) is 24.4 Å². The van der Waals surface area contributed by atoms with E-state index in [9.17, 15) is 18.0 Å². The minimum atomic E-state index is -3.67. The standard InChI is InChI=1S/C21H25N3O5S/c1-24(2)30(27,28)17-9-5-7-15(13-17)20(25)23-19-11-4-3-10-18(19)21(26)22-14-16-8-6-12-29-16/h3-5,7,9-11,13,16H,6,8,12,14H2,1-2H3,(H,22,26)(H,23,25). The van der Waals surface area contributed by atoms with Gasteiger partial charge in [0, 0.05) is 32.8 Å². The number of rotatable bonds is 7. The minimum absolute atomic E-state index is 0.0112. The van der Waals surface area contributed by atoms with E-state index in [0.717, 1.165) is 17.1 Å². The molecule has 1 atom stereocenters. The van der Waals surface area contributed by atoms with Crippen molar-refractivity contribution in [2.45, 2.75) is 23.8 Å². The van der Waals surface area contributed by atoms with Gasteiger partial charge in [-0.15, -0.1) is 0 Å². The maximum absolute atomic E-state index is 12.7. The van der Waals surface area contributed by atoms with Crippen molar-refractivity contribution in [2.24, 2.45) is 0 Å². The molecule has 2 N–H and O–H groups in total. The van der Waals surface area contributed by atoms with Crippen LogP contribution in [0.2, 0.25) is 0 Å². The molecule has 0 saturated carbocycles. The zero-order chi connectivity index (χ0) is 21.7. The van der Waals surface area contributed by atoms with Crippen molar-refractivity contribution in [3.8, 4) is 0 Å². The Morgan fingerprint density at radius 2 is 1.87 bits per heavy atom. The van der Waals surface area contributed by atoms with Gasteiger partial charge in [0.15, 0.2) is 0 Å². The zero-order valence-electron chi connectivity index (χ0n) is 16.9. The lowest BCUT2D eigenvalue weighted by molar-refractivity contribution is 0.0858. The molecule has 1 unspecified atom stereocenters. The van der Waals surface area contributed by atoms with Crippen LogP contribution in [-0.2, 0) is 14.8 Å². The molecule has 1 fully saturated rings. The van der Waals surface area contributed by atoms with Crippen LogP contribution in [0, 0.1) is 0 Å². The molecule has 2 amide bonds. The molecular weight excluding hydrogens is 406 g/mol. The second kappa shape index (κ2) is 9.38. The van der Waals surface area contributed by atoms with E-state index in [1.165, 1.54) is 38.4 Å². The number of nitrogens with one attached hydrogen (secondary N) is 2. The Labute approximate surface area is 176 Å². The lowest BCUT2D eigenvalue weighted by Gasteiger charge is -2.14. The van der Waals surface area contributed by atoms with Gasteiger partial charge in [0.25, 0.3) is 11.8 Å². The molecular formula is C21H25N3O5S. The zero-order valence-corrected chi connectivity index (χ0v) is 17.7. The highest BCUT2D eigenvalue weighted by Crippen LogP contribution is 2.19. The largest absolute Gasteiger partial charge is 0.376 e. The van der Waals surface area contributed by atoms with Crippen molar-refractivity contribution in [2.75, 3.05) is 32.6 Å². The van der Waals surface area contributed by atoms with Gasteiger partial charge in [-0.1, -0.05) is 18.2 Å². The summed E-state index contributed by atoms with van der Waals surface area (Å²) in [5.41, 5.74) is 0.835. The van der Waals surface area contributed by atoms with Gasteiger partial charge in [-0.2, -0.15) is 0 Å². The summed E-state index contributed by atoms with van der Waals surface area (Å²) in [5.74, 6) is -0.824. The van der Waals surface area contributed by atoms with Crippen LogP contribution in [0.25, 0.3) is 0 Å². The first kappa shape index (κ1) is 21.9. The first-order valence-electron chi connectivity index (χ1n) is 9.62. The van der Waals surface area contributed by atoms with E-state index in [1.807, 2.05) is 0 Å². The number of para-hydroxylation sites is 1. The molecule has 160 valence electrons. The van der Waals surface area contributed by atoms with Crippen molar-refractivity contribution in [3.63, 3.8) is 0 Å². The van der Waals surface area contributed by atoms with Crippen LogP contribution in [0.3, 0.4) is 0 Å². The van der Waals surface area contributed by atoms with Gasteiger partial charge in [0.05, 0.1) is 22.3 Å². The summed E-state index contributed by atoms with van der Waals surface area (Å²) in [6.07, 6.45) is 1.90. The molecule has 9 heteroatoms. The number of nitrogens with zero attached hydrogens (tertiary/aromatic N) is 1. The van der Waals surface area contributed by atoms with E-state index in [2.05, 4.69) is 10.6 Å². The van der Waals surface area contributed by atoms with Gasteiger partial charge in [-0.25, -0.2) is 12.7 Å². The number of anilines is 1. The summed E-state index contributed by atoms with van der Waals surface area (Å²) in [6, 6.07) is 12.4. The van der Waals surface area contributed by atoms with Crippen molar-refractivity contribution in [1.29, 1.82) is 0 Å². The van der Waals surface area contributed by atoms with Crippen LogP contribution < -0.4 is 10.6 Å². The van der Waals surface area contributed by atoms with Gasteiger partial charge >= 0.3 is 0 Å². The quantitative estimate of drug-likeness (QED) is 0.699. The number of sulfonamides is 1. The second-order valence-corrected chi connectivity index (χ2v) is 9.31. The monoisotopic (exact) mass is 431 g/mol. The van der Waals surface area contributed by atoms with Crippen molar-refractivity contribution in [1.82, 2.24) is 9.62 Å². The number of ether oxygens (including phenoxy) is 1. The average molecular weight is 432 g/mol. The molecule has 0 aliphatic carbocycles. The van der Waals surface area contributed by atoms with Crippen LogP contribution in [0.5, 0.6) is 0 Å². The Hall–Kier alpha value is -2.75. The van der Waals surface area contributed by atoms with E-state index in [-0.39, 0.29) is 22.5 Å². The lowest BCUT2D eigenvalue weighted by Crippen LogP contribution is -2.32. The van der Waals surface area contributed by atoms with E-state index >= 15 is 0 Å². The molecule has 2 aromatic rings. The normalized spacial score (nSPS) is 16.4. The molecule has 0 spiro atoms. The minimum Gasteiger partial charge on any atom is -0.376 e. The molecule has 8 nitrogen and oxygen atoms in total. The Kier molecular flexibility index (Phi) is 6.86. The molecule has 3 rings (SSSR count). The van der Waals surface area contributed by atoms with Crippen LogP contribution >= 0.6 is 0 Å². The second-order valence-electron chi connectivity index (χ2n) is 7.16. The van der Waals surface area contributed by atoms with E-state index in [1.54, 1.807) is 24.3 Å². The predicted octanol–water partition coefficient (Wildman–Crippen LogP) is 2.10. The fraction of sp³-hybridized carbons (Fsp3) is 0.333. The fourth-order valence-corrected chi connectivity index (χ4v) is 4.05. The Morgan fingerprint density at radius 3 is 2.57 bits per heavy atom. The third-order valence-electron chi connectivity index (χ3n) is 4.81. The maximum Gasteiger partial charge on any atom is 0.255 e. The number of carbonyl (C=O) groups excluding carboxylic acids is 2. The Morgan fingerprint density at radius 1 is 1.10 bits per heavy atom. The van der Waals surface area contributed by atoms with Crippen LogP contribution in [0.1, 0.15) is 33.6 Å².